The van der Waals surface area contributed by atoms with E-state index in [1.54, 1.807) is 0 Å². The van der Waals surface area contributed by atoms with Crippen molar-refractivity contribution in [2.75, 3.05) is 6.54 Å². The summed E-state index contributed by atoms with van der Waals surface area (Å²) in [6, 6.07) is 19.9. The van der Waals surface area contributed by atoms with Gasteiger partial charge in [-0.25, -0.2) is 0 Å². The zero-order chi connectivity index (χ0) is 13.6. The van der Waals surface area contributed by atoms with Gasteiger partial charge in [-0.15, -0.1) is 0 Å². The standard InChI is InChI=1S/C19H23N/c1-2-5-16(6-3-1)7-4-14-20-15-17-8-10-18(11-9-17)19-12-13-19/h1-3,5-6,8-11,19-20H,4,7,12-15H2. The van der Waals surface area contributed by atoms with E-state index in [-0.39, 0.29) is 0 Å². The molecule has 1 aliphatic carbocycles. The summed E-state index contributed by atoms with van der Waals surface area (Å²) >= 11 is 0. The molecule has 1 fully saturated rings. The van der Waals surface area contributed by atoms with E-state index in [1.165, 1.54) is 36.0 Å². The molecule has 0 atom stereocenters. The zero-order valence-corrected chi connectivity index (χ0v) is 12.0. The van der Waals surface area contributed by atoms with Crippen LogP contribution in [0.4, 0.5) is 0 Å². The molecular formula is C19H23N. The van der Waals surface area contributed by atoms with Gasteiger partial charge >= 0.3 is 0 Å². The normalized spacial score (nSPS) is 14.4. The third-order valence-corrected chi connectivity index (χ3v) is 4.02. The molecule has 2 aromatic carbocycles. The molecule has 1 saturated carbocycles. The first-order chi connectivity index (χ1) is 9.92. The van der Waals surface area contributed by atoms with Gasteiger partial charge in [0, 0.05) is 6.54 Å². The molecule has 3 rings (SSSR count). The first-order valence-corrected chi connectivity index (χ1v) is 7.75. The molecule has 1 heteroatoms. The molecule has 0 spiro atoms. The number of hydrogen-bond donors (Lipinski definition) is 1. The SMILES string of the molecule is c1ccc(CCCNCc2ccc(C3CC3)cc2)cc1. The van der Waals surface area contributed by atoms with E-state index >= 15 is 0 Å². The van der Waals surface area contributed by atoms with E-state index in [2.05, 4.69) is 59.9 Å². The fraction of sp³-hybridized carbons (Fsp3) is 0.368. The molecule has 0 aliphatic heterocycles. The van der Waals surface area contributed by atoms with Gasteiger partial charge in [0.05, 0.1) is 0 Å². The maximum atomic E-state index is 3.54. The van der Waals surface area contributed by atoms with Crippen molar-refractivity contribution < 1.29 is 0 Å². The third kappa shape index (κ3) is 3.94. The molecule has 1 N–H and O–H groups in total. The van der Waals surface area contributed by atoms with Crippen LogP contribution in [0.25, 0.3) is 0 Å². The summed E-state index contributed by atoms with van der Waals surface area (Å²) in [6.07, 6.45) is 5.13. The van der Waals surface area contributed by atoms with Crippen molar-refractivity contribution in [2.45, 2.75) is 38.1 Å². The highest BCUT2D eigenvalue weighted by Gasteiger charge is 2.22. The molecule has 0 bridgehead atoms. The van der Waals surface area contributed by atoms with E-state index in [9.17, 15) is 0 Å². The highest BCUT2D eigenvalue weighted by atomic mass is 14.8. The second kappa shape index (κ2) is 6.71. The largest absolute Gasteiger partial charge is 0.313 e. The lowest BCUT2D eigenvalue weighted by molar-refractivity contribution is 0.649. The highest BCUT2D eigenvalue weighted by molar-refractivity contribution is 5.27. The first kappa shape index (κ1) is 13.4. The lowest BCUT2D eigenvalue weighted by Crippen LogP contribution is -2.15. The van der Waals surface area contributed by atoms with E-state index in [0.717, 1.165) is 25.4 Å². The summed E-state index contributed by atoms with van der Waals surface area (Å²) in [7, 11) is 0. The average Bonchev–Trinajstić information content (AvgIpc) is 3.33. The Labute approximate surface area is 122 Å². The number of aryl methyl sites for hydroxylation is 1. The van der Waals surface area contributed by atoms with E-state index in [1.807, 2.05) is 0 Å². The van der Waals surface area contributed by atoms with Crippen LogP contribution >= 0.6 is 0 Å². The van der Waals surface area contributed by atoms with Crippen LogP contribution in [0, 0.1) is 0 Å². The van der Waals surface area contributed by atoms with Gasteiger partial charge < -0.3 is 5.32 Å². The van der Waals surface area contributed by atoms with Gasteiger partial charge in [-0.2, -0.15) is 0 Å². The van der Waals surface area contributed by atoms with E-state index in [4.69, 9.17) is 0 Å². The second-order valence-electron chi connectivity index (χ2n) is 5.78. The molecule has 0 radical (unpaired) electrons. The second-order valence-corrected chi connectivity index (χ2v) is 5.78. The Morgan fingerprint density at radius 1 is 0.850 bits per heavy atom. The molecule has 1 aliphatic rings. The van der Waals surface area contributed by atoms with Crippen LogP contribution in [0.3, 0.4) is 0 Å². The predicted octanol–water partition coefficient (Wildman–Crippen LogP) is 4.29. The molecule has 0 unspecified atom stereocenters. The van der Waals surface area contributed by atoms with Crippen LogP contribution in [-0.2, 0) is 13.0 Å². The van der Waals surface area contributed by atoms with Crippen molar-refractivity contribution in [3.05, 3.63) is 71.3 Å². The Bertz CT molecular complexity index is 511. The summed E-state index contributed by atoms with van der Waals surface area (Å²) in [6.45, 7) is 2.07. The van der Waals surface area contributed by atoms with Crippen molar-refractivity contribution in [3.63, 3.8) is 0 Å². The lowest BCUT2D eigenvalue weighted by Gasteiger charge is -2.06. The molecule has 20 heavy (non-hydrogen) atoms. The van der Waals surface area contributed by atoms with Gasteiger partial charge in [-0.1, -0.05) is 54.6 Å². The summed E-state index contributed by atoms with van der Waals surface area (Å²) in [5, 5.41) is 3.54. The van der Waals surface area contributed by atoms with Crippen molar-refractivity contribution in [3.8, 4) is 0 Å². The molecule has 104 valence electrons. The van der Waals surface area contributed by atoms with Crippen molar-refractivity contribution in [1.29, 1.82) is 0 Å². The van der Waals surface area contributed by atoms with Gasteiger partial charge in [0.2, 0.25) is 0 Å². The first-order valence-electron chi connectivity index (χ1n) is 7.75. The Balaban J connectivity index is 1.35. The predicted molar refractivity (Wildman–Crippen MR) is 84.9 cm³/mol. The van der Waals surface area contributed by atoms with Crippen molar-refractivity contribution in [2.24, 2.45) is 0 Å². The topological polar surface area (TPSA) is 12.0 Å². The van der Waals surface area contributed by atoms with Crippen LogP contribution in [0.1, 0.15) is 41.9 Å². The number of nitrogens with one attached hydrogen (secondary N) is 1. The minimum absolute atomic E-state index is 0.864. The van der Waals surface area contributed by atoms with Gasteiger partial charge in [0.25, 0.3) is 0 Å². The number of rotatable bonds is 7. The van der Waals surface area contributed by atoms with Crippen molar-refractivity contribution >= 4 is 0 Å². The van der Waals surface area contributed by atoms with Crippen LogP contribution < -0.4 is 5.32 Å². The molecule has 0 amide bonds. The number of benzene rings is 2. The minimum atomic E-state index is 0.864. The molecule has 0 heterocycles. The van der Waals surface area contributed by atoms with Gasteiger partial charge in [0.1, 0.15) is 0 Å². The minimum Gasteiger partial charge on any atom is -0.313 e. The van der Waals surface area contributed by atoms with Gasteiger partial charge in [0.15, 0.2) is 0 Å². The smallest absolute Gasteiger partial charge is 0.0205 e. The zero-order valence-electron chi connectivity index (χ0n) is 12.0. The van der Waals surface area contributed by atoms with Crippen LogP contribution in [0.15, 0.2) is 54.6 Å². The van der Waals surface area contributed by atoms with Gasteiger partial charge in [-0.3, -0.25) is 0 Å². The summed E-state index contributed by atoms with van der Waals surface area (Å²) in [5.41, 5.74) is 4.36. The fourth-order valence-electron chi connectivity index (χ4n) is 2.62. The quantitative estimate of drug-likeness (QED) is 0.737. The summed E-state index contributed by atoms with van der Waals surface area (Å²) in [4.78, 5) is 0. The summed E-state index contributed by atoms with van der Waals surface area (Å²) < 4.78 is 0. The Morgan fingerprint density at radius 2 is 1.60 bits per heavy atom. The average molecular weight is 265 g/mol. The monoisotopic (exact) mass is 265 g/mol. The summed E-state index contributed by atoms with van der Waals surface area (Å²) in [5.74, 6) is 0.864. The molecule has 0 aromatic heterocycles. The lowest BCUT2D eigenvalue weighted by atomic mass is 10.1. The maximum Gasteiger partial charge on any atom is 0.0205 e. The van der Waals surface area contributed by atoms with E-state index in [0.29, 0.717) is 0 Å². The molecule has 0 saturated heterocycles. The van der Waals surface area contributed by atoms with Gasteiger partial charge in [-0.05, 0) is 54.8 Å². The van der Waals surface area contributed by atoms with Crippen LogP contribution in [0.5, 0.6) is 0 Å². The molecule has 1 nitrogen and oxygen atoms in total. The molecule has 2 aromatic rings. The van der Waals surface area contributed by atoms with Crippen molar-refractivity contribution in [1.82, 2.24) is 5.32 Å². The highest BCUT2D eigenvalue weighted by Crippen LogP contribution is 2.39. The fourth-order valence-corrected chi connectivity index (χ4v) is 2.62. The van der Waals surface area contributed by atoms with E-state index < -0.39 is 0 Å². The molecular weight excluding hydrogens is 242 g/mol. The Morgan fingerprint density at radius 3 is 2.30 bits per heavy atom. The maximum absolute atomic E-state index is 3.54. The van der Waals surface area contributed by atoms with Crippen LogP contribution in [0.2, 0.25) is 0 Å². The van der Waals surface area contributed by atoms with Crippen LogP contribution in [-0.4, -0.2) is 6.54 Å². The Kier molecular flexibility index (Phi) is 4.49. The third-order valence-electron chi connectivity index (χ3n) is 4.02. The number of hydrogen-bond acceptors (Lipinski definition) is 1. The Hall–Kier alpha value is -1.60.